The number of nitrogens with zero attached hydrogens (tertiary/aromatic N) is 2. The van der Waals surface area contributed by atoms with Crippen LogP contribution in [0.5, 0.6) is 5.75 Å². The Labute approximate surface area is 201 Å². The summed E-state index contributed by atoms with van der Waals surface area (Å²) in [6, 6.07) is 6.73. The number of alkyl halides is 3. The quantitative estimate of drug-likeness (QED) is 0.269. The fourth-order valence-corrected chi connectivity index (χ4v) is 4.01. The third kappa shape index (κ3) is 5.67. The molecule has 2 heterocycles. The molecule has 1 aromatic carbocycles. The number of furan rings is 1. The molecule has 0 spiro atoms. The second-order valence-corrected chi connectivity index (χ2v) is 8.57. The summed E-state index contributed by atoms with van der Waals surface area (Å²) in [5, 5.41) is 6.08. The number of aryl methyl sites for hydroxylation is 1. The van der Waals surface area contributed by atoms with Gasteiger partial charge < -0.3 is 14.5 Å². The lowest BCUT2D eigenvalue weighted by molar-refractivity contribution is -0.141. The van der Waals surface area contributed by atoms with Gasteiger partial charge >= 0.3 is 6.18 Å². The predicted octanol–water partition coefficient (Wildman–Crippen LogP) is 6.22. The van der Waals surface area contributed by atoms with E-state index in [-0.39, 0.29) is 47.2 Å². The standard InChI is InChI=1S/C22H19Cl2F4N3O3/c23-15-10-13(25)4-6-16(15)33-11-14-5-7-17(34-14)21(32)29-8-1-9-31-19(12-2-3-12)18(24)20(30-31)22(26,27)28/h4-7,10,12H,1-3,8-9,11H2,(H,29,32). The lowest BCUT2D eigenvalue weighted by Crippen LogP contribution is -2.25. The highest BCUT2D eigenvalue weighted by molar-refractivity contribution is 6.32. The van der Waals surface area contributed by atoms with Crippen LogP contribution in [-0.2, 0) is 19.3 Å². The number of rotatable bonds is 9. The number of carbonyl (C=O) groups is 1. The Balaban J connectivity index is 1.28. The summed E-state index contributed by atoms with van der Waals surface area (Å²) in [6.45, 7) is 0.348. The van der Waals surface area contributed by atoms with Gasteiger partial charge in [-0.2, -0.15) is 18.3 Å². The van der Waals surface area contributed by atoms with Crippen molar-refractivity contribution in [1.82, 2.24) is 15.1 Å². The summed E-state index contributed by atoms with van der Waals surface area (Å²) in [5.74, 6) is -0.324. The van der Waals surface area contributed by atoms with Crippen LogP contribution in [0.15, 0.2) is 34.7 Å². The number of amides is 1. The van der Waals surface area contributed by atoms with Crippen LogP contribution < -0.4 is 10.1 Å². The van der Waals surface area contributed by atoms with Crippen LogP contribution in [0.25, 0.3) is 0 Å². The van der Waals surface area contributed by atoms with Crippen LogP contribution in [0.4, 0.5) is 17.6 Å². The van der Waals surface area contributed by atoms with Gasteiger partial charge in [0, 0.05) is 19.0 Å². The molecule has 0 aliphatic heterocycles. The molecular weight excluding hydrogens is 501 g/mol. The van der Waals surface area contributed by atoms with Crippen LogP contribution in [0.1, 0.15) is 52.9 Å². The summed E-state index contributed by atoms with van der Waals surface area (Å²) >= 11 is 11.9. The first-order valence-electron chi connectivity index (χ1n) is 10.4. The fourth-order valence-electron chi connectivity index (χ4n) is 3.39. The van der Waals surface area contributed by atoms with E-state index >= 15 is 0 Å². The van der Waals surface area contributed by atoms with Gasteiger partial charge in [-0.25, -0.2) is 4.39 Å². The zero-order valence-electron chi connectivity index (χ0n) is 17.6. The van der Waals surface area contributed by atoms with Crippen molar-refractivity contribution in [3.63, 3.8) is 0 Å². The molecule has 0 atom stereocenters. The molecule has 182 valence electrons. The monoisotopic (exact) mass is 519 g/mol. The molecule has 1 aliphatic carbocycles. The van der Waals surface area contributed by atoms with Gasteiger partial charge in [-0.3, -0.25) is 9.48 Å². The topological polar surface area (TPSA) is 69.3 Å². The molecule has 6 nitrogen and oxygen atoms in total. The third-order valence-corrected chi connectivity index (χ3v) is 5.81. The molecule has 1 saturated carbocycles. The van der Waals surface area contributed by atoms with Gasteiger partial charge in [-0.05, 0) is 49.6 Å². The number of ether oxygens (including phenoxy) is 1. The lowest BCUT2D eigenvalue weighted by Gasteiger charge is -2.08. The van der Waals surface area contributed by atoms with Crippen LogP contribution in [0, 0.1) is 5.82 Å². The van der Waals surface area contributed by atoms with Crippen molar-refractivity contribution in [1.29, 1.82) is 0 Å². The Hall–Kier alpha value is -2.72. The van der Waals surface area contributed by atoms with Gasteiger partial charge in [0.15, 0.2) is 11.5 Å². The Morgan fingerprint density at radius 2 is 2.00 bits per heavy atom. The van der Waals surface area contributed by atoms with Crippen molar-refractivity contribution in [2.24, 2.45) is 0 Å². The van der Waals surface area contributed by atoms with Crippen LogP contribution in [0.3, 0.4) is 0 Å². The largest absolute Gasteiger partial charge is 0.484 e. The summed E-state index contributed by atoms with van der Waals surface area (Å²) < 4.78 is 64.7. The maximum Gasteiger partial charge on any atom is 0.436 e. The summed E-state index contributed by atoms with van der Waals surface area (Å²) in [6.07, 6.45) is -2.72. The Morgan fingerprint density at radius 3 is 2.68 bits per heavy atom. The van der Waals surface area contributed by atoms with E-state index < -0.39 is 23.6 Å². The first kappa shape index (κ1) is 24.4. The maximum atomic E-state index is 13.1. The highest BCUT2D eigenvalue weighted by Crippen LogP contribution is 2.46. The molecule has 0 saturated heterocycles. The molecule has 1 fully saturated rings. The predicted molar refractivity (Wildman–Crippen MR) is 116 cm³/mol. The van der Waals surface area contributed by atoms with Gasteiger partial charge in [-0.1, -0.05) is 23.2 Å². The van der Waals surface area contributed by atoms with Crippen molar-refractivity contribution in [2.45, 2.75) is 44.5 Å². The smallest absolute Gasteiger partial charge is 0.436 e. The Kier molecular flexibility index (Phi) is 7.09. The Bertz CT molecular complexity index is 1190. The highest BCUT2D eigenvalue weighted by atomic mass is 35.5. The van der Waals surface area contributed by atoms with Crippen molar-refractivity contribution < 1.29 is 31.5 Å². The molecular formula is C22H19Cl2F4N3O3. The number of nitrogens with one attached hydrogen (secondary N) is 1. The van der Waals surface area contributed by atoms with Crippen molar-refractivity contribution in [3.05, 3.63) is 69.1 Å². The number of halogens is 6. The molecule has 4 rings (SSSR count). The van der Waals surface area contributed by atoms with Gasteiger partial charge in [-0.15, -0.1) is 0 Å². The average molecular weight is 520 g/mol. The molecule has 2 aromatic heterocycles. The fraction of sp³-hybridized carbons (Fsp3) is 0.364. The van der Waals surface area contributed by atoms with E-state index in [1.54, 1.807) is 6.07 Å². The summed E-state index contributed by atoms with van der Waals surface area (Å²) in [5.41, 5.74) is -0.676. The number of hydrogen-bond acceptors (Lipinski definition) is 4. The molecule has 12 heteroatoms. The second-order valence-electron chi connectivity index (χ2n) is 7.78. The molecule has 0 unspecified atom stereocenters. The number of hydrogen-bond donors (Lipinski definition) is 1. The van der Waals surface area contributed by atoms with Gasteiger partial charge in [0.2, 0.25) is 0 Å². The molecule has 3 aromatic rings. The molecule has 1 N–H and O–H groups in total. The molecule has 0 radical (unpaired) electrons. The van der Waals surface area contributed by atoms with Gasteiger partial charge in [0.05, 0.1) is 15.7 Å². The summed E-state index contributed by atoms with van der Waals surface area (Å²) in [7, 11) is 0. The second kappa shape index (κ2) is 9.87. The normalized spacial score (nSPS) is 13.8. The van der Waals surface area contributed by atoms with E-state index in [9.17, 15) is 22.4 Å². The van der Waals surface area contributed by atoms with Crippen molar-refractivity contribution >= 4 is 29.1 Å². The van der Waals surface area contributed by atoms with Crippen molar-refractivity contribution in [3.8, 4) is 5.75 Å². The number of carbonyl (C=O) groups excluding carboxylic acids is 1. The van der Waals surface area contributed by atoms with Crippen molar-refractivity contribution in [2.75, 3.05) is 6.54 Å². The Morgan fingerprint density at radius 1 is 1.24 bits per heavy atom. The van der Waals surface area contributed by atoms with Crippen LogP contribution in [0.2, 0.25) is 10.0 Å². The molecule has 0 bridgehead atoms. The van der Waals surface area contributed by atoms with E-state index in [0.717, 1.165) is 18.9 Å². The maximum absolute atomic E-state index is 13.1. The van der Waals surface area contributed by atoms with E-state index in [0.29, 0.717) is 17.9 Å². The average Bonchev–Trinajstić information content (AvgIpc) is 3.37. The molecule has 1 amide bonds. The van der Waals surface area contributed by atoms with Gasteiger partial charge in [0.1, 0.15) is 23.9 Å². The van der Waals surface area contributed by atoms with E-state index in [4.69, 9.17) is 32.4 Å². The van der Waals surface area contributed by atoms with E-state index in [1.165, 1.54) is 22.9 Å². The first-order valence-corrected chi connectivity index (χ1v) is 11.2. The minimum atomic E-state index is -4.62. The van der Waals surface area contributed by atoms with E-state index in [1.807, 2.05) is 0 Å². The lowest BCUT2D eigenvalue weighted by atomic mass is 10.2. The van der Waals surface area contributed by atoms with Crippen LogP contribution >= 0.6 is 23.2 Å². The third-order valence-electron chi connectivity index (χ3n) is 5.15. The van der Waals surface area contributed by atoms with Gasteiger partial charge in [0.25, 0.3) is 5.91 Å². The minimum Gasteiger partial charge on any atom is -0.484 e. The zero-order chi connectivity index (χ0) is 24.5. The minimum absolute atomic E-state index is 0.0146. The van der Waals surface area contributed by atoms with Crippen LogP contribution in [-0.4, -0.2) is 22.2 Å². The number of aromatic nitrogens is 2. The summed E-state index contributed by atoms with van der Waals surface area (Å²) in [4.78, 5) is 12.3. The first-order chi connectivity index (χ1) is 16.1. The van der Waals surface area contributed by atoms with E-state index in [2.05, 4.69) is 10.4 Å². The molecule has 34 heavy (non-hydrogen) atoms. The highest BCUT2D eigenvalue weighted by Gasteiger charge is 2.41. The molecule has 1 aliphatic rings. The zero-order valence-corrected chi connectivity index (χ0v) is 19.1. The SMILES string of the molecule is O=C(NCCCn1nc(C(F)(F)F)c(Cl)c1C1CC1)c1ccc(COc2ccc(F)cc2Cl)o1. The number of benzene rings is 1.